The first-order valence-electron chi connectivity index (χ1n) is 7.70. The number of carboxylic acids is 1. The van der Waals surface area contributed by atoms with Crippen molar-refractivity contribution in [2.45, 2.75) is 25.9 Å². The first-order chi connectivity index (χ1) is 11.0. The van der Waals surface area contributed by atoms with Gasteiger partial charge in [-0.15, -0.1) is 0 Å². The van der Waals surface area contributed by atoms with Gasteiger partial charge in [0, 0.05) is 30.2 Å². The van der Waals surface area contributed by atoms with Gasteiger partial charge in [-0.05, 0) is 24.1 Å². The van der Waals surface area contributed by atoms with Crippen molar-refractivity contribution < 1.29 is 19.4 Å². The summed E-state index contributed by atoms with van der Waals surface area (Å²) in [5.41, 5.74) is 3.16. The number of carboxylic acid groups (broad SMARTS) is 1. The number of nitrogens with one attached hydrogen (secondary N) is 1. The van der Waals surface area contributed by atoms with Crippen molar-refractivity contribution in [3.63, 3.8) is 0 Å². The summed E-state index contributed by atoms with van der Waals surface area (Å²) in [6.07, 6.45) is 1.69. The van der Waals surface area contributed by atoms with E-state index < -0.39 is 12.1 Å². The molecule has 2 heterocycles. The van der Waals surface area contributed by atoms with Crippen LogP contribution in [0.25, 0.3) is 10.9 Å². The van der Waals surface area contributed by atoms with Gasteiger partial charge in [-0.2, -0.15) is 0 Å². The molecule has 1 saturated heterocycles. The van der Waals surface area contributed by atoms with E-state index >= 15 is 0 Å². The quantitative estimate of drug-likeness (QED) is 0.900. The number of carbonyl (C=O) groups excluding carboxylic acids is 1. The number of H-pyrrole nitrogens is 1. The van der Waals surface area contributed by atoms with Crippen LogP contribution >= 0.6 is 0 Å². The average molecular weight is 316 g/mol. The smallest absolute Gasteiger partial charge is 0.306 e. The Labute approximate surface area is 134 Å². The van der Waals surface area contributed by atoms with Gasteiger partial charge in [0.15, 0.2) is 0 Å². The maximum Gasteiger partial charge on any atom is 0.306 e. The number of ether oxygens (including phenoxy) is 1. The zero-order chi connectivity index (χ0) is 16.4. The monoisotopic (exact) mass is 316 g/mol. The Morgan fingerprint density at radius 2 is 2.26 bits per heavy atom. The predicted octanol–water partition coefficient (Wildman–Crippen LogP) is 1.72. The number of aromatic amines is 1. The van der Waals surface area contributed by atoms with E-state index in [-0.39, 0.29) is 12.3 Å². The zero-order valence-electron chi connectivity index (χ0n) is 13.0. The second-order valence-corrected chi connectivity index (χ2v) is 5.97. The summed E-state index contributed by atoms with van der Waals surface area (Å²) in [6, 6.07) is 6.11. The van der Waals surface area contributed by atoms with Crippen LogP contribution in [0.4, 0.5) is 0 Å². The third-order valence-electron chi connectivity index (χ3n) is 4.16. The zero-order valence-corrected chi connectivity index (χ0v) is 13.0. The Balaban J connectivity index is 1.69. The molecule has 6 heteroatoms. The van der Waals surface area contributed by atoms with Crippen LogP contribution in [-0.2, 0) is 20.7 Å². The molecule has 0 aliphatic carbocycles. The molecule has 122 valence electrons. The molecule has 0 bridgehead atoms. The second-order valence-electron chi connectivity index (χ2n) is 5.97. The van der Waals surface area contributed by atoms with Gasteiger partial charge >= 0.3 is 5.97 Å². The van der Waals surface area contributed by atoms with Gasteiger partial charge in [-0.25, -0.2) is 0 Å². The average Bonchev–Trinajstić information content (AvgIpc) is 2.89. The summed E-state index contributed by atoms with van der Waals surface area (Å²) in [5, 5.41) is 9.91. The molecular weight excluding hydrogens is 296 g/mol. The first-order valence-corrected chi connectivity index (χ1v) is 7.70. The minimum Gasteiger partial charge on any atom is -0.481 e. The van der Waals surface area contributed by atoms with Gasteiger partial charge in [-0.1, -0.05) is 12.1 Å². The van der Waals surface area contributed by atoms with Gasteiger partial charge in [0.05, 0.1) is 25.6 Å². The van der Waals surface area contributed by atoms with Gasteiger partial charge in [0.25, 0.3) is 0 Å². The maximum atomic E-state index is 12.5. The molecule has 2 aromatic rings. The molecule has 1 atom stereocenters. The number of rotatable bonds is 4. The fourth-order valence-electron chi connectivity index (χ4n) is 2.99. The minimum atomic E-state index is -0.906. The molecule has 0 saturated carbocycles. The largest absolute Gasteiger partial charge is 0.481 e. The molecule has 0 unspecified atom stereocenters. The standard InChI is InChI=1S/C17H20N2O4/c1-11-2-3-14-12(9-18-15(14)6-11)7-16(20)19-4-5-23-13(10-19)8-17(21)22/h2-3,6,9,13,18H,4-5,7-8,10H2,1H3,(H,21,22)/t13-/m0/s1. The van der Waals surface area contributed by atoms with E-state index in [2.05, 4.69) is 11.1 Å². The third kappa shape index (κ3) is 3.53. The van der Waals surface area contributed by atoms with Crippen molar-refractivity contribution in [3.05, 3.63) is 35.5 Å². The predicted molar refractivity (Wildman–Crippen MR) is 85.3 cm³/mol. The molecule has 6 nitrogen and oxygen atoms in total. The number of aliphatic carboxylic acids is 1. The number of aryl methyl sites for hydroxylation is 1. The molecule has 1 aliphatic rings. The molecule has 3 rings (SSSR count). The Morgan fingerprint density at radius 3 is 3.04 bits per heavy atom. The van der Waals surface area contributed by atoms with Crippen LogP contribution in [0.5, 0.6) is 0 Å². The lowest BCUT2D eigenvalue weighted by Crippen LogP contribution is -2.46. The number of aromatic nitrogens is 1. The van der Waals surface area contributed by atoms with Crippen molar-refractivity contribution in [2.24, 2.45) is 0 Å². The van der Waals surface area contributed by atoms with Gasteiger partial charge in [0.2, 0.25) is 5.91 Å². The topological polar surface area (TPSA) is 82.6 Å². The van der Waals surface area contributed by atoms with Crippen molar-refractivity contribution in [1.29, 1.82) is 0 Å². The summed E-state index contributed by atoms with van der Waals surface area (Å²) in [7, 11) is 0. The molecule has 23 heavy (non-hydrogen) atoms. The number of morpholine rings is 1. The summed E-state index contributed by atoms with van der Waals surface area (Å²) in [4.78, 5) is 28.2. The van der Waals surface area contributed by atoms with Crippen molar-refractivity contribution in [1.82, 2.24) is 9.88 Å². The molecule has 0 radical (unpaired) electrons. The van der Waals surface area contributed by atoms with Crippen LogP contribution in [0.3, 0.4) is 0 Å². The van der Waals surface area contributed by atoms with E-state index in [0.717, 1.165) is 16.5 Å². The van der Waals surface area contributed by atoms with E-state index in [1.807, 2.05) is 25.3 Å². The van der Waals surface area contributed by atoms with Crippen LogP contribution in [0.2, 0.25) is 0 Å². The van der Waals surface area contributed by atoms with Crippen LogP contribution in [0, 0.1) is 6.92 Å². The van der Waals surface area contributed by atoms with Crippen LogP contribution in [0.15, 0.2) is 24.4 Å². The van der Waals surface area contributed by atoms with Gasteiger partial charge in [-0.3, -0.25) is 9.59 Å². The van der Waals surface area contributed by atoms with E-state index in [1.165, 1.54) is 5.56 Å². The van der Waals surface area contributed by atoms with Crippen molar-refractivity contribution in [3.8, 4) is 0 Å². The van der Waals surface area contributed by atoms with Crippen molar-refractivity contribution >= 4 is 22.8 Å². The van der Waals surface area contributed by atoms with Crippen LogP contribution in [-0.4, -0.2) is 52.7 Å². The van der Waals surface area contributed by atoms with Crippen molar-refractivity contribution in [2.75, 3.05) is 19.7 Å². The minimum absolute atomic E-state index is 0.00478. The number of amides is 1. The number of fused-ring (bicyclic) bond motifs is 1. The summed E-state index contributed by atoms with van der Waals surface area (Å²) in [6.45, 7) is 3.27. The molecule has 1 aromatic carbocycles. The summed E-state index contributed by atoms with van der Waals surface area (Å²) >= 11 is 0. The highest BCUT2D eigenvalue weighted by molar-refractivity contribution is 5.89. The lowest BCUT2D eigenvalue weighted by Gasteiger charge is -2.32. The lowest BCUT2D eigenvalue weighted by atomic mass is 10.1. The summed E-state index contributed by atoms with van der Waals surface area (Å²) < 4.78 is 5.41. The fraction of sp³-hybridized carbons (Fsp3) is 0.412. The number of carbonyl (C=O) groups is 2. The number of benzene rings is 1. The highest BCUT2D eigenvalue weighted by Crippen LogP contribution is 2.21. The second kappa shape index (κ2) is 6.42. The molecule has 1 amide bonds. The molecule has 1 fully saturated rings. The molecule has 2 N–H and O–H groups in total. The SMILES string of the molecule is Cc1ccc2c(CC(=O)N3CCO[C@@H](CC(=O)O)C3)c[nH]c2c1. The Bertz CT molecular complexity index is 737. The first kappa shape index (κ1) is 15.6. The maximum absolute atomic E-state index is 12.5. The summed E-state index contributed by atoms with van der Waals surface area (Å²) in [5.74, 6) is -0.901. The Hall–Kier alpha value is -2.34. The fourth-order valence-corrected chi connectivity index (χ4v) is 2.99. The van der Waals surface area contributed by atoms with E-state index in [9.17, 15) is 9.59 Å². The highest BCUT2D eigenvalue weighted by atomic mass is 16.5. The molecular formula is C17H20N2O4. The normalized spacial score (nSPS) is 18.3. The van der Waals surface area contributed by atoms with Crippen LogP contribution in [0.1, 0.15) is 17.5 Å². The van der Waals surface area contributed by atoms with E-state index in [4.69, 9.17) is 9.84 Å². The molecule has 0 spiro atoms. The van der Waals surface area contributed by atoms with E-state index in [0.29, 0.717) is 26.1 Å². The van der Waals surface area contributed by atoms with E-state index in [1.54, 1.807) is 4.90 Å². The Morgan fingerprint density at radius 1 is 1.43 bits per heavy atom. The lowest BCUT2D eigenvalue weighted by molar-refractivity contribution is -0.147. The number of hydrogen-bond donors (Lipinski definition) is 2. The third-order valence-corrected chi connectivity index (χ3v) is 4.16. The molecule has 1 aromatic heterocycles. The number of hydrogen-bond acceptors (Lipinski definition) is 3. The molecule has 1 aliphatic heterocycles. The Kier molecular flexibility index (Phi) is 4.34. The number of nitrogens with zero attached hydrogens (tertiary/aromatic N) is 1. The van der Waals surface area contributed by atoms with Gasteiger partial charge < -0.3 is 19.7 Å². The highest BCUT2D eigenvalue weighted by Gasteiger charge is 2.26. The van der Waals surface area contributed by atoms with Crippen LogP contribution < -0.4 is 0 Å². The van der Waals surface area contributed by atoms with Gasteiger partial charge in [0.1, 0.15) is 0 Å².